The average Bonchev–Trinajstić information content (AvgIpc) is 2.78. The van der Waals surface area contributed by atoms with Crippen molar-refractivity contribution in [2.24, 2.45) is 7.05 Å². The summed E-state index contributed by atoms with van der Waals surface area (Å²) in [5.74, 6) is 0. The Hall–Kier alpha value is -0.480. The van der Waals surface area contributed by atoms with Crippen molar-refractivity contribution < 1.29 is 0 Å². The van der Waals surface area contributed by atoms with Gasteiger partial charge in [-0.1, -0.05) is 6.92 Å². The van der Waals surface area contributed by atoms with Crippen LogP contribution in [0.25, 0.3) is 0 Å². The standard InChI is InChI=1S/C11H19N3S/c1-3-12-9-4-5-10(6-9)15-11-7-13-14(2)8-11/h7-10,12H,3-6H2,1-2H3. The Balaban J connectivity index is 1.82. The molecule has 0 bridgehead atoms. The molecule has 2 atom stereocenters. The first-order valence-electron chi connectivity index (χ1n) is 5.66. The molecule has 1 fully saturated rings. The second kappa shape index (κ2) is 5.03. The van der Waals surface area contributed by atoms with Gasteiger partial charge in [-0.2, -0.15) is 5.10 Å². The molecular formula is C11H19N3S. The van der Waals surface area contributed by atoms with E-state index in [2.05, 4.69) is 23.5 Å². The van der Waals surface area contributed by atoms with Crippen LogP contribution in [0.5, 0.6) is 0 Å². The van der Waals surface area contributed by atoms with Crippen molar-refractivity contribution in [1.29, 1.82) is 0 Å². The van der Waals surface area contributed by atoms with Gasteiger partial charge in [-0.05, 0) is 25.8 Å². The van der Waals surface area contributed by atoms with Gasteiger partial charge < -0.3 is 5.32 Å². The van der Waals surface area contributed by atoms with Gasteiger partial charge in [-0.3, -0.25) is 4.68 Å². The third-order valence-corrected chi connectivity index (χ3v) is 4.11. The van der Waals surface area contributed by atoms with Crippen LogP contribution in [-0.2, 0) is 7.05 Å². The Morgan fingerprint density at radius 2 is 2.47 bits per heavy atom. The molecule has 1 aromatic rings. The molecule has 0 amide bonds. The number of nitrogens with one attached hydrogen (secondary N) is 1. The van der Waals surface area contributed by atoms with E-state index in [0.717, 1.165) is 17.8 Å². The summed E-state index contributed by atoms with van der Waals surface area (Å²) in [6, 6.07) is 0.740. The number of rotatable bonds is 4. The van der Waals surface area contributed by atoms with E-state index in [1.54, 1.807) is 0 Å². The molecule has 1 aliphatic carbocycles. The number of thioether (sulfide) groups is 1. The highest BCUT2D eigenvalue weighted by Gasteiger charge is 2.24. The lowest BCUT2D eigenvalue weighted by molar-refractivity contribution is 0.543. The highest BCUT2D eigenvalue weighted by molar-refractivity contribution is 8.00. The summed E-state index contributed by atoms with van der Waals surface area (Å²) in [5, 5.41) is 8.50. The minimum Gasteiger partial charge on any atom is -0.314 e. The van der Waals surface area contributed by atoms with Crippen LogP contribution in [0.1, 0.15) is 26.2 Å². The molecule has 1 saturated carbocycles. The molecule has 4 heteroatoms. The van der Waals surface area contributed by atoms with E-state index >= 15 is 0 Å². The van der Waals surface area contributed by atoms with Gasteiger partial charge in [-0.15, -0.1) is 11.8 Å². The predicted octanol–water partition coefficient (Wildman–Crippen LogP) is 2.04. The van der Waals surface area contributed by atoms with Gasteiger partial charge in [0.1, 0.15) is 0 Å². The van der Waals surface area contributed by atoms with E-state index in [0.29, 0.717) is 0 Å². The smallest absolute Gasteiger partial charge is 0.0625 e. The van der Waals surface area contributed by atoms with Crippen molar-refractivity contribution in [2.75, 3.05) is 6.54 Å². The fraction of sp³-hybridized carbons (Fsp3) is 0.727. The Morgan fingerprint density at radius 1 is 1.60 bits per heavy atom. The number of aromatic nitrogens is 2. The summed E-state index contributed by atoms with van der Waals surface area (Å²) in [6.45, 7) is 3.27. The van der Waals surface area contributed by atoms with Crippen molar-refractivity contribution >= 4 is 11.8 Å². The third-order valence-electron chi connectivity index (χ3n) is 2.86. The maximum atomic E-state index is 4.19. The lowest BCUT2D eigenvalue weighted by atomic mass is 10.2. The van der Waals surface area contributed by atoms with Crippen LogP contribution < -0.4 is 5.32 Å². The molecule has 0 radical (unpaired) electrons. The highest BCUT2D eigenvalue weighted by atomic mass is 32.2. The molecule has 0 aliphatic heterocycles. The molecule has 2 unspecified atom stereocenters. The Kier molecular flexibility index (Phi) is 3.70. The minimum atomic E-state index is 0.740. The molecule has 0 aromatic carbocycles. The lowest BCUT2D eigenvalue weighted by Gasteiger charge is -2.10. The van der Waals surface area contributed by atoms with Crippen molar-refractivity contribution in [3.63, 3.8) is 0 Å². The van der Waals surface area contributed by atoms with Crippen LogP contribution in [0.3, 0.4) is 0 Å². The van der Waals surface area contributed by atoms with Gasteiger partial charge in [0.2, 0.25) is 0 Å². The van der Waals surface area contributed by atoms with Crippen LogP contribution >= 0.6 is 11.8 Å². The quantitative estimate of drug-likeness (QED) is 0.850. The van der Waals surface area contributed by atoms with Crippen LogP contribution in [0.15, 0.2) is 17.3 Å². The number of hydrogen-bond donors (Lipinski definition) is 1. The van der Waals surface area contributed by atoms with Crippen LogP contribution in [0.4, 0.5) is 0 Å². The summed E-state index contributed by atoms with van der Waals surface area (Å²) < 4.78 is 1.87. The number of nitrogens with zero attached hydrogens (tertiary/aromatic N) is 2. The van der Waals surface area contributed by atoms with E-state index < -0.39 is 0 Å². The molecular weight excluding hydrogens is 206 g/mol. The third kappa shape index (κ3) is 2.98. The SMILES string of the molecule is CCNC1CCC(Sc2cnn(C)c2)C1. The monoisotopic (exact) mass is 225 g/mol. The first kappa shape index (κ1) is 11.0. The van der Waals surface area contributed by atoms with E-state index in [9.17, 15) is 0 Å². The number of aryl methyl sites for hydroxylation is 1. The van der Waals surface area contributed by atoms with Gasteiger partial charge in [0.25, 0.3) is 0 Å². The summed E-state index contributed by atoms with van der Waals surface area (Å²) in [6.07, 6.45) is 8.02. The predicted molar refractivity (Wildman–Crippen MR) is 64.2 cm³/mol. The summed E-state index contributed by atoms with van der Waals surface area (Å²) in [4.78, 5) is 1.31. The van der Waals surface area contributed by atoms with Crippen LogP contribution in [0.2, 0.25) is 0 Å². The molecule has 1 aromatic heterocycles. The van der Waals surface area contributed by atoms with E-state index in [1.165, 1.54) is 24.2 Å². The van der Waals surface area contributed by atoms with E-state index in [4.69, 9.17) is 0 Å². The zero-order chi connectivity index (χ0) is 10.7. The van der Waals surface area contributed by atoms with Crippen molar-refractivity contribution in [3.05, 3.63) is 12.4 Å². The molecule has 0 spiro atoms. The molecule has 84 valence electrons. The largest absolute Gasteiger partial charge is 0.314 e. The average molecular weight is 225 g/mol. The summed E-state index contributed by atoms with van der Waals surface area (Å²) >= 11 is 1.98. The zero-order valence-corrected chi connectivity index (χ0v) is 10.3. The molecule has 1 N–H and O–H groups in total. The van der Waals surface area contributed by atoms with Crippen molar-refractivity contribution in [2.45, 2.75) is 42.4 Å². The summed E-state index contributed by atoms with van der Waals surface area (Å²) in [7, 11) is 1.97. The maximum absolute atomic E-state index is 4.19. The molecule has 0 saturated heterocycles. The summed E-state index contributed by atoms with van der Waals surface area (Å²) in [5.41, 5.74) is 0. The molecule has 2 rings (SSSR count). The lowest BCUT2D eigenvalue weighted by Crippen LogP contribution is -2.25. The van der Waals surface area contributed by atoms with Gasteiger partial charge in [-0.25, -0.2) is 0 Å². The fourth-order valence-electron chi connectivity index (χ4n) is 2.17. The van der Waals surface area contributed by atoms with Crippen LogP contribution in [0, 0.1) is 0 Å². The van der Waals surface area contributed by atoms with E-state index in [-0.39, 0.29) is 0 Å². The second-order valence-electron chi connectivity index (χ2n) is 4.16. The van der Waals surface area contributed by atoms with Gasteiger partial charge in [0, 0.05) is 29.4 Å². The molecule has 3 nitrogen and oxygen atoms in total. The topological polar surface area (TPSA) is 29.9 Å². The first-order chi connectivity index (χ1) is 7.28. The van der Waals surface area contributed by atoms with Gasteiger partial charge >= 0.3 is 0 Å². The molecule has 15 heavy (non-hydrogen) atoms. The zero-order valence-electron chi connectivity index (χ0n) is 9.44. The van der Waals surface area contributed by atoms with Crippen LogP contribution in [-0.4, -0.2) is 27.6 Å². The second-order valence-corrected chi connectivity index (χ2v) is 5.53. The van der Waals surface area contributed by atoms with Crippen molar-refractivity contribution in [1.82, 2.24) is 15.1 Å². The minimum absolute atomic E-state index is 0.740. The molecule has 1 aliphatic rings. The van der Waals surface area contributed by atoms with Crippen molar-refractivity contribution in [3.8, 4) is 0 Å². The Labute approximate surface area is 95.6 Å². The Bertz CT molecular complexity index is 311. The van der Waals surface area contributed by atoms with E-state index in [1.807, 2.05) is 29.7 Å². The van der Waals surface area contributed by atoms with Gasteiger partial charge in [0.15, 0.2) is 0 Å². The number of hydrogen-bond acceptors (Lipinski definition) is 3. The first-order valence-corrected chi connectivity index (χ1v) is 6.54. The fourth-order valence-corrected chi connectivity index (χ4v) is 3.46. The normalized spacial score (nSPS) is 26.0. The molecule has 1 heterocycles. The highest BCUT2D eigenvalue weighted by Crippen LogP contribution is 2.34. The Morgan fingerprint density at radius 3 is 3.13 bits per heavy atom. The maximum Gasteiger partial charge on any atom is 0.0625 e. The van der Waals surface area contributed by atoms with Gasteiger partial charge in [0.05, 0.1) is 6.20 Å².